The van der Waals surface area contributed by atoms with Gasteiger partial charge in [-0.3, -0.25) is 9.59 Å². The average molecular weight is 601 g/mol. The van der Waals surface area contributed by atoms with Gasteiger partial charge in [-0.25, -0.2) is 21.6 Å². The summed E-state index contributed by atoms with van der Waals surface area (Å²) in [6, 6.07) is 4.79. The Morgan fingerprint density at radius 2 is 1.70 bits per heavy atom. The van der Waals surface area contributed by atoms with Crippen LogP contribution in [-0.2, 0) is 19.4 Å². The Morgan fingerprint density at radius 1 is 1.05 bits per heavy atom. The smallest absolute Gasteiger partial charge is 0.255 e. The van der Waals surface area contributed by atoms with E-state index < -0.39 is 50.2 Å². The highest BCUT2D eigenvalue weighted by molar-refractivity contribution is 7.92. The lowest BCUT2D eigenvalue weighted by Gasteiger charge is -2.42. The number of halogens is 4. The summed E-state index contributed by atoms with van der Waals surface area (Å²) >= 11 is 6.25. The molecule has 1 aliphatic heterocycles. The lowest BCUT2D eigenvalue weighted by molar-refractivity contribution is -0.133. The molecule has 2 saturated carbocycles. The zero-order chi connectivity index (χ0) is 28.8. The molecule has 3 N–H and O–H groups in total. The van der Waals surface area contributed by atoms with Crippen LogP contribution in [0.3, 0.4) is 0 Å². The van der Waals surface area contributed by atoms with Crippen LogP contribution < -0.4 is 10.6 Å². The number of carbonyl (C=O) groups excluding carboxylic acids is 2. The predicted octanol–water partition coefficient (Wildman–Crippen LogP) is 4.00. The Balaban J connectivity index is 1.31. The summed E-state index contributed by atoms with van der Waals surface area (Å²) in [7, 11) is -4.06. The van der Waals surface area contributed by atoms with Crippen LogP contribution >= 0.6 is 11.6 Å². The Morgan fingerprint density at radius 3 is 2.30 bits per heavy atom. The van der Waals surface area contributed by atoms with E-state index in [-0.39, 0.29) is 58.3 Å². The number of nitrogens with one attached hydrogen (secondary N) is 2. The van der Waals surface area contributed by atoms with Gasteiger partial charge in [0.15, 0.2) is 27.3 Å². The minimum absolute atomic E-state index is 0.00871. The molecule has 216 valence electrons. The number of benzene rings is 2. The number of carbonyl (C=O) groups is 2. The molecule has 2 aromatic rings. The van der Waals surface area contributed by atoms with Crippen molar-refractivity contribution in [2.45, 2.75) is 60.4 Å². The van der Waals surface area contributed by atoms with Gasteiger partial charge in [0, 0.05) is 36.5 Å². The number of aliphatic hydroxyl groups is 1. The van der Waals surface area contributed by atoms with Crippen molar-refractivity contribution in [2.24, 2.45) is 11.8 Å². The highest BCUT2D eigenvalue weighted by atomic mass is 35.5. The van der Waals surface area contributed by atoms with Crippen molar-refractivity contribution in [3.8, 4) is 0 Å². The maximum absolute atomic E-state index is 13.7. The van der Waals surface area contributed by atoms with Crippen molar-refractivity contribution in [3.05, 3.63) is 58.4 Å². The van der Waals surface area contributed by atoms with E-state index in [0.717, 1.165) is 12.5 Å². The summed E-state index contributed by atoms with van der Waals surface area (Å²) in [6.45, 7) is 0.524. The fraction of sp³-hybridized carbons (Fsp3) is 0.481. The van der Waals surface area contributed by atoms with Gasteiger partial charge in [0.2, 0.25) is 5.91 Å². The largest absolute Gasteiger partial charge is 0.387 e. The second kappa shape index (κ2) is 11.0. The van der Waals surface area contributed by atoms with E-state index in [4.69, 9.17) is 16.3 Å². The third kappa shape index (κ3) is 5.34. The maximum Gasteiger partial charge on any atom is 0.255 e. The highest BCUT2D eigenvalue weighted by Gasteiger charge is 2.55. The second-order valence-corrected chi connectivity index (χ2v) is 13.3. The molecule has 3 aliphatic rings. The summed E-state index contributed by atoms with van der Waals surface area (Å²) in [4.78, 5) is 24.9. The molecular weight excluding hydrogens is 573 g/mol. The first kappa shape index (κ1) is 28.8. The van der Waals surface area contributed by atoms with Gasteiger partial charge in [0.05, 0.1) is 20.8 Å². The lowest BCUT2D eigenvalue weighted by Crippen LogP contribution is -2.55. The van der Waals surface area contributed by atoms with Crippen LogP contribution in [-0.4, -0.2) is 55.4 Å². The molecule has 2 bridgehead atoms. The number of fused-ring (bicyclic) bond motifs is 2. The molecule has 1 saturated heterocycles. The number of hydrogen-bond donors (Lipinski definition) is 3. The SMILES string of the molecule is O=C(Nc1cc(F)c(F)c(F)c1)c1ccc(Cl)c(S(=O)(=O)C2CC3CCC(C2)C3(O)CNC(=O)[C@@H]2CCCO2)c1. The van der Waals surface area contributed by atoms with Crippen LogP contribution in [0.25, 0.3) is 0 Å². The van der Waals surface area contributed by atoms with Gasteiger partial charge in [-0.15, -0.1) is 0 Å². The van der Waals surface area contributed by atoms with Crippen LogP contribution in [0.4, 0.5) is 18.9 Å². The molecule has 5 rings (SSSR count). The molecule has 1 heterocycles. The fourth-order valence-corrected chi connectivity index (χ4v) is 8.55. The Kier molecular flexibility index (Phi) is 7.90. The van der Waals surface area contributed by atoms with E-state index in [1.165, 1.54) is 12.1 Å². The van der Waals surface area contributed by atoms with Gasteiger partial charge >= 0.3 is 0 Å². The third-order valence-corrected chi connectivity index (χ3v) is 11.0. The molecule has 2 aromatic carbocycles. The highest BCUT2D eigenvalue weighted by Crippen LogP contribution is 2.52. The fourth-order valence-electron chi connectivity index (χ4n) is 6.15. The third-order valence-electron chi connectivity index (χ3n) is 8.32. The van der Waals surface area contributed by atoms with E-state index in [0.29, 0.717) is 38.0 Å². The van der Waals surface area contributed by atoms with Crippen LogP contribution in [0, 0.1) is 29.3 Å². The molecule has 2 unspecified atom stereocenters. The van der Waals surface area contributed by atoms with Gasteiger partial charge in [-0.2, -0.15) is 0 Å². The van der Waals surface area contributed by atoms with Crippen LogP contribution in [0.5, 0.6) is 0 Å². The van der Waals surface area contributed by atoms with E-state index in [2.05, 4.69) is 10.6 Å². The van der Waals surface area contributed by atoms with E-state index in [1.54, 1.807) is 0 Å². The monoisotopic (exact) mass is 600 g/mol. The molecule has 40 heavy (non-hydrogen) atoms. The van der Waals surface area contributed by atoms with E-state index in [9.17, 15) is 36.3 Å². The first-order valence-corrected chi connectivity index (χ1v) is 14.9. The van der Waals surface area contributed by atoms with Gasteiger partial charge in [0.1, 0.15) is 6.10 Å². The quantitative estimate of drug-likeness (QED) is 0.413. The summed E-state index contributed by atoms with van der Waals surface area (Å²) in [5, 5.41) is 15.5. The minimum atomic E-state index is -4.06. The number of ether oxygens (including phenoxy) is 1. The van der Waals surface area contributed by atoms with E-state index in [1.807, 2.05) is 0 Å². The standard InChI is InChI=1S/C27H28ClF3N2O6S/c28-19-6-3-14(25(34)33-17-11-20(29)24(31)21(30)12-17)8-23(19)40(37,38)18-9-15-4-5-16(10-18)27(15,36)13-32-26(35)22-2-1-7-39-22/h3,6,8,11-12,15-16,18,22,36H,1-2,4-5,7,9-10,13H2,(H,32,35)(H,33,34)/t15?,16?,18?,22-,27?/m0/s1. The topological polar surface area (TPSA) is 122 Å². The van der Waals surface area contributed by atoms with Gasteiger partial charge in [-0.05, 0) is 68.6 Å². The summed E-state index contributed by atoms with van der Waals surface area (Å²) in [5.74, 6) is -6.57. The maximum atomic E-state index is 13.7. The van der Waals surface area contributed by atoms with Gasteiger partial charge < -0.3 is 20.5 Å². The van der Waals surface area contributed by atoms with Gasteiger partial charge in [0.25, 0.3) is 5.91 Å². The molecule has 0 aromatic heterocycles. The van der Waals surface area contributed by atoms with Crippen molar-refractivity contribution in [3.63, 3.8) is 0 Å². The average Bonchev–Trinajstić information content (AvgIpc) is 3.48. The molecule has 8 nitrogen and oxygen atoms in total. The summed E-state index contributed by atoms with van der Waals surface area (Å²) in [5.41, 5.74) is -1.73. The number of amides is 2. The van der Waals surface area contributed by atoms with Crippen LogP contribution in [0.1, 0.15) is 48.9 Å². The Labute approximate surface area is 234 Å². The van der Waals surface area contributed by atoms with Gasteiger partial charge in [-0.1, -0.05) is 11.6 Å². The number of sulfone groups is 1. The van der Waals surface area contributed by atoms with Crippen LogP contribution in [0.2, 0.25) is 5.02 Å². The molecule has 2 aliphatic carbocycles. The van der Waals surface area contributed by atoms with Crippen molar-refractivity contribution >= 4 is 38.9 Å². The number of anilines is 1. The van der Waals surface area contributed by atoms with Crippen molar-refractivity contribution in [1.29, 1.82) is 0 Å². The zero-order valence-corrected chi connectivity index (χ0v) is 22.8. The molecule has 0 spiro atoms. The van der Waals surface area contributed by atoms with Crippen molar-refractivity contribution < 1.29 is 41.0 Å². The molecule has 13 heteroatoms. The lowest BCUT2D eigenvalue weighted by atomic mass is 9.74. The van der Waals surface area contributed by atoms with E-state index >= 15 is 0 Å². The molecule has 3 fully saturated rings. The summed E-state index contributed by atoms with van der Waals surface area (Å²) in [6.07, 6.45) is 2.37. The molecular formula is C27H28ClF3N2O6S. The van der Waals surface area contributed by atoms with Crippen molar-refractivity contribution in [1.82, 2.24) is 5.32 Å². The van der Waals surface area contributed by atoms with Crippen molar-refractivity contribution in [2.75, 3.05) is 18.5 Å². The first-order chi connectivity index (χ1) is 18.9. The second-order valence-electron chi connectivity index (χ2n) is 10.7. The minimum Gasteiger partial charge on any atom is -0.387 e. The molecule has 2 amide bonds. The zero-order valence-electron chi connectivity index (χ0n) is 21.3. The Hall–Kier alpha value is -2.67. The van der Waals surface area contributed by atoms with Crippen LogP contribution in [0.15, 0.2) is 35.2 Å². The predicted molar refractivity (Wildman–Crippen MR) is 139 cm³/mol. The molecule has 0 radical (unpaired) electrons. The number of hydrogen-bond acceptors (Lipinski definition) is 6. The Bertz CT molecular complexity index is 1410. The number of rotatable bonds is 7. The normalized spacial score (nSPS) is 27.9. The first-order valence-electron chi connectivity index (χ1n) is 13.0. The molecule has 3 atom stereocenters. The summed E-state index contributed by atoms with van der Waals surface area (Å²) < 4.78 is 73.2.